The summed E-state index contributed by atoms with van der Waals surface area (Å²) in [7, 11) is 0. The molecule has 25 heavy (non-hydrogen) atoms. The van der Waals surface area contributed by atoms with Crippen LogP contribution in [0.3, 0.4) is 0 Å². The van der Waals surface area contributed by atoms with Crippen LogP contribution >= 0.6 is 31.9 Å². The summed E-state index contributed by atoms with van der Waals surface area (Å²) in [6.45, 7) is 6.59. The van der Waals surface area contributed by atoms with Crippen molar-refractivity contribution in [1.82, 2.24) is 5.43 Å². The van der Waals surface area contributed by atoms with Gasteiger partial charge in [0.25, 0.3) is 0 Å². The van der Waals surface area contributed by atoms with Crippen molar-refractivity contribution in [2.24, 2.45) is 11.0 Å². The van der Waals surface area contributed by atoms with Crippen LogP contribution in [0.25, 0.3) is 0 Å². The van der Waals surface area contributed by atoms with E-state index < -0.39 is 0 Å². The fourth-order valence-corrected chi connectivity index (χ4v) is 3.36. The minimum atomic E-state index is -0.0502. The lowest BCUT2D eigenvalue weighted by Crippen LogP contribution is -2.20. The van der Waals surface area contributed by atoms with Gasteiger partial charge in [0.15, 0.2) is 4.67 Å². The average Bonchev–Trinajstić information content (AvgIpc) is 3.28. The fraction of sp³-hybridized carbons (Fsp3) is 0.368. The van der Waals surface area contributed by atoms with E-state index in [1.807, 2.05) is 0 Å². The molecule has 1 fully saturated rings. The number of hydrogen-bond acceptors (Lipinski definition) is 3. The fourth-order valence-electron chi connectivity index (χ4n) is 2.75. The van der Waals surface area contributed by atoms with Crippen LogP contribution in [0.1, 0.15) is 50.0 Å². The smallest absolute Gasteiger partial charge is 0.243 e. The molecule has 6 heteroatoms. The number of hydrazone groups is 1. The van der Waals surface area contributed by atoms with Gasteiger partial charge in [0.05, 0.1) is 10.7 Å². The van der Waals surface area contributed by atoms with E-state index in [4.69, 9.17) is 4.42 Å². The van der Waals surface area contributed by atoms with E-state index in [-0.39, 0.29) is 23.2 Å². The average molecular weight is 468 g/mol. The Morgan fingerprint density at radius 2 is 1.96 bits per heavy atom. The zero-order valence-corrected chi connectivity index (χ0v) is 17.5. The lowest BCUT2D eigenvalue weighted by Gasteiger charge is -2.19. The molecule has 1 N–H and O–H groups in total. The van der Waals surface area contributed by atoms with Gasteiger partial charge in [0.1, 0.15) is 5.76 Å². The molecule has 0 aliphatic heterocycles. The number of hydrogen-bond donors (Lipinski definition) is 1. The monoisotopic (exact) mass is 466 g/mol. The van der Waals surface area contributed by atoms with Crippen molar-refractivity contribution < 1.29 is 9.21 Å². The Kier molecular flexibility index (Phi) is 5.21. The van der Waals surface area contributed by atoms with E-state index >= 15 is 0 Å². The second-order valence-corrected chi connectivity index (χ2v) is 8.90. The maximum Gasteiger partial charge on any atom is 0.243 e. The Bertz CT molecular complexity index is 784. The van der Waals surface area contributed by atoms with Crippen molar-refractivity contribution in [2.45, 2.75) is 38.5 Å². The molecule has 1 aliphatic rings. The molecule has 4 nitrogen and oxygen atoms in total. The predicted molar refractivity (Wildman–Crippen MR) is 106 cm³/mol. The third-order valence-corrected chi connectivity index (χ3v) is 6.07. The molecule has 132 valence electrons. The van der Waals surface area contributed by atoms with Gasteiger partial charge in [-0.1, -0.05) is 45.0 Å². The second-order valence-electron chi connectivity index (χ2n) is 7.33. The van der Waals surface area contributed by atoms with E-state index in [1.54, 1.807) is 6.07 Å². The number of benzene rings is 1. The second kappa shape index (κ2) is 7.08. The number of amides is 1. The van der Waals surface area contributed by atoms with Gasteiger partial charge in [-0.25, -0.2) is 5.43 Å². The van der Waals surface area contributed by atoms with Gasteiger partial charge >= 0.3 is 0 Å². The zero-order chi connectivity index (χ0) is 18.2. The number of rotatable bonds is 4. The summed E-state index contributed by atoms with van der Waals surface area (Å²) in [5.41, 5.74) is 5.26. The first-order valence-electron chi connectivity index (χ1n) is 8.14. The van der Waals surface area contributed by atoms with Gasteiger partial charge < -0.3 is 4.42 Å². The number of furan rings is 1. The summed E-state index contributed by atoms with van der Waals surface area (Å²) >= 11 is 6.59. The molecule has 0 radical (unpaired) electrons. The number of nitrogens with zero attached hydrogens (tertiary/aromatic N) is 1. The van der Waals surface area contributed by atoms with Crippen molar-refractivity contribution >= 4 is 44.0 Å². The van der Waals surface area contributed by atoms with Crippen LogP contribution in [0.15, 0.2) is 49.0 Å². The molecule has 1 aliphatic carbocycles. The highest BCUT2D eigenvalue weighted by Crippen LogP contribution is 2.47. The number of carbonyl (C=O) groups excluding carboxylic acids is 1. The molecule has 1 aromatic heterocycles. The molecule has 2 atom stereocenters. The first-order valence-corrected chi connectivity index (χ1v) is 9.72. The maximum atomic E-state index is 12.2. The van der Waals surface area contributed by atoms with Gasteiger partial charge in [-0.05, 0) is 60.7 Å². The van der Waals surface area contributed by atoms with Crippen LogP contribution in [0.2, 0.25) is 0 Å². The topological polar surface area (TPSA) is 54.6 Å². The highest BCUT2D eigenvalue weighted by molar-refractivity contribution is 9.13. The molecular weight excluding hydrogens is 448 g/mol. The van der Waals surface area contributed by atoms with Crippen molar-refractivity contribution in [3.05, 3.63) is 56.4 Å². The lowest BCUT2D eigenvalue weighted by molar-refractivity contribution is -0.122. The molecule has 1 aromatic carbocycles. The first kappa shape index (κ1) is 18.4. The van der Waals surface area contributed by atoms with E-state index in [0.29, 0.717) is 10.4 Å². The molecule has 0 saturated heterocycles. The summed E-state index contributed by atoms with van der Waals surface area (Å²) in [6, 6.07) is 10.4. The molecule has 1 saturated carbocycles. The summed E-state index contributed by atoms with van der Waals surface area (Å²) in [5.74, 6) is 0.791. The van der Waals surface area contributed by atoms with Crippen molar-refractivity contribution in [1.29, 1.82) is 0 Å². The highest BCUT2D eigenvalue weighted by atomic mass is 79.9. The van der Waals surface area contributed by atoms with Crippen LogP contribution in [-0.2, 0) is 10.2 Å². The maximum absolute atomic E-state index is 12.2. The molecule has 1 amide bonds. The minimum absolute atomic E-state index is 0.00675. The van der Waals surface area contributed by atoms with E-state index in [1.165, 1.54) is 17.3 Å². The third kappa shape index (κ3) is 4.42. The predicted octanol–water partition coefficient (Wildman–Crippen LogP) is 5.36. The Morgan fingerprint density at radius 3 is 2.52 bits per heavy atom. The van der Waals surface area contributed by atoms with Gasteiger partial charge in [0.2, 0.25) is 5.91 Å². The van der Waals surface area contributed by atoms with Gasteiger partial charge in [-0.15, -0.1) is 0 Å². The normalized spacial score (nSPS) is 20.0. The Morgan fingerprint density at radius 1 is 1.28 bits per heavy atom. The Labute approximate surface area is 164 Å². The molecule has 2 aromatic rings. The van der Waals surface area contributed by atoms with Crippen LogP contribution in [0, 0.1) is 5.92 Å². The van der Waals surface area contributed by atoms with Crippen molar-refractivity contribution in [3.8, 4) is 0 Å². The Balaban J connectivity index is 1.55. The lowest BCUT2D eigenvalue weighted by atomic mass is 9.86. The first-order chi connectivity index (χ1) is 11.8. The quantitative estimate of drug-likeness (QED) is 0.486. The van der Waals surface area contributed by atoms with Gasteiger partial charge in [-0.3, -0.25) is 4.79 Å². The van der Waals surface area contributed by atoms with E-state index in [2.05, 4.69) is 87.4 Å². The van der Waals surface area contributed by atoms with Crippen molar-refractivity contribution in [2.75, 3.05) is 0 Å². The summed E-state index contributed by atoms with van der Waals surface area (Å²) in [6.07, 6.45) is 2.36. The number of halogens is 2. The molecule has 1 heterocycles. The van der Waals surface area contributed by atoms with Gasteiger partial charge in [0, 0.05) is 12.0 Å². The molecular formula is C19H20Br2N2O2. The molecule has 3 rings (SSSR count). The van der Waals surface area contributed by atoms with Crippen LogP contribution < -0.4 is 5.43 Å². The molecule has 0 spiro atoms. The van der Waals surface area contributed by atoms with Crippen molar-refractivity contribution in [3.63, 3.8) is 0 Å². The SMILES string of the molecule is CC(C)(C)c1ccc([C@@H]2C[C@H]2C(=O)N/N=C/c2cc(Br)c(Br)o2)cc1. The molecule has 0 bridgehead atoms. The number of nitrogens with one attached hydrogen (secondary N) is 1. The Hall–Kier alpha value is -1.40. The summed E-state index contributed by atoms with van der Waals surface area (Å²) in [5, 5.41) is 3.97. The summed E-state index contributed by atoms with van der Waals surface area (Å²) < 4.78 is 6.78. The third-order valence-electron chi connectivity index (χ3n) is 4.36. The zero-order valence-electron chi connectivity index (χ0n) is 14.3. The summed E-state index contributed by atoms with van der Waals surface area (Å²) in [4.78, 5) is 12.2. The van der Waals surface area contributed by atoms with Crippen LogP contribution in [0.4, 0.5) is 0 Å². The van der Waals surface area contributed by atoms with Crippen LogP contribution in [0.5, 0.6) is 0 Å². The van der Waals surface area contributed by atoms with Crippen LogP contribution in [-0.4, -0.2) is 12.1 Å². The van der Waals surface area contributed by atoms with Gasteiger partial charge in [-0.2, -0.15) is 5.10 Å². The minimum Gasteiger partial charge on any atom is -0.447 e. The standard InChI is InChI=1S/C19H20Br2N2O2/c1-19(2,3)12-6-4-11(5-7-12)14-9-15(14)18(24)23-22-10-13-8-16(20)17(21)25-13/h4-8,10,14-15H,9H2,1-3H3,(H,23,24)/b22-10+/t14-,15+/m0/s1. The van der Waals surface area contributed by atoms with E-state index in [9.17, 15) is 4.79 Å². The highest BCUT2D eigenvalue weighted by Gasteiger charge is 2.44. The number of carbonyl (C=O) groups is 1. The van der Waals surface area contributed by atoms with E-state index in [0.717, 1.165) is 10.9 Å². The largest absolute Gasteiger partial charge is 0.447 e. The molecule has 0 unspecified atom stereocenters.